The van der Waals surface area contributed by atoms with E-state index in [9.17, 15) is 9.59 Å². The third kappa shape index (κ3) is 4.32. The van der Waals surface area contributed by atoms with Crippen molar-refractivity contribution in [2.75, 3.05) is 18.8 Å². The molecule has 1 aliphatic heterocycles. The van der Waals surface area contributed by atoms with Crippen LogP contribution in [0.2, 0.25) is 0 Å². The van der Waals surface area contributed by atoms with Crippen molar-refractivity contribution in [2.45, 2.75) is 38.4 Å². The van der Waals surface area contributed by atoms with Crippen LogP contribution >= 0.6 is 11.8 Å². The van der Waals surface area contributed by atoms with Gasteiger partial charge in [0.1, 0.15) is 0 Å². The molecule has 0 atom stereocenters. The molecule has 7 nitrogen and oxygen atoms in total. The molecule has 3 rings (SSSR count). The van der Waals surface area contributed by atoms with Crippen LogP contribution in [0.4, 0.5) is 0 Å². The van der Waals surface area contributed by atoms with Crippen molar-refractivity contribution >= 4 is 23.6 Å². The molecule has 8 heteroatoms. The summed E-state index contributed by atoms with van der Waals surface area (Å²) in [5, 5.41) is 9.40. The zero-order valence-electron chi connectivity index (χ0n) is 15.7. The van der Waals surface area contributed by atoms with Gasteiger partial charge in [0, 0.05) is 31.1 Å². The third-order valence-electron chi connectivity index (χ3n) is 4.99. The Morgan fingerprint density at radius 1 is 1.22 bits per heavy atom. The predicted octanol–water partition coefficient (Wildman–Crippen LogP) is 2.09. The zero-order valence-corrected chi connectivity index (χ0v) is 16.5. The molecule has 1 fully saturated rings. The molecule has 2 amide bonds. The van der Waals surface area contributed by atoms with E-state index in [4.69, 9.17) is 5.73 Å². The fourth-order valence-corrected chi connectivity index (χ4v) is 4.24. The Balaban J connectivity index is 1.64. The van der Waals surface area contributed by atoms with E-state index < -0.39 is 0 Å². The number of nitrogens with two attached hydrogens (primary N) is 1. The van der Waals surface area contributed by atoms with Crippen LogP contribution in [0.5, 0.6) is 0 Å². The maximum Gasteiger partial charge on any atom is 0.233 e. The Hall–Kier alpha value is -2.35. The maximum atomic E-state index is 12.5. The minimum absolute atomic E-state index is 0.0611. The van der Waals surface area contributed by atoms with Gasteiger partial charge >= 0.3 is 0 Å². The van der Waals surface area contributed by atoms with Crippen LogP contribution in [0.3, 0.4) is 0 Å². The number of thioether (sulfide) groups is 1. The summed E-state index contributed by atoms with van der Waals surface area (Å²) in [6, 6.07) is 8.08. The molecule has 0 unspecified atom stereocenters. The summed E-state index contributed by atoms with van der Waals surface area (Å²) < 4.78 is 2.04. The predicted molar refractivity (Wildman–Crippen MR) is 105 cm³/mol. The Bertz CT molecular complexity index is 827. The summed E-state index contributed by atoms with van der Waals surface area (Å²) in [5.41, 5.74) is 7.55. The average molecular weight is 388 g/mol. The summed E-state index contributed by atoms with van der Waals surface area (Å²) in [7, 11) is 0. The van der Waals surface area contributed by atoms with Crippen molar-refractivity contribution in [2.24, 2.45) is 11.7 Å². The van der Waals surface area contributed by atoms with Gasteiger partial charge < -0.3 is 15.2 Å². The molecule has 2 heterocycles. The number of nitrogens with zero attached hydrogens (tertiary/aromatic N) is 4. The smallest absolute Gasteiger partial charge is 0.233 e. The molecule has 2 aromatic rings. The van der Waals surface area contributed by atoms with Crippen LogP contribution in [-0.4, -0.2) is 50.3 Å². The molecular weight excluding hydrogens is 362 g/mol. The molecule has 2 N–H and O–H groups in total. The third-order valence-corrected chi connectivity index (χ3v) is 5.95. The second-order valence-electron chi connectivity index (χ2n) is 6.71. The van der Waals surface area contributed by atoms with E-state index in [0.717, 1.165) is 28.7 Å². The van der Waals surface area contributed by atoms with E-state index in [2.05, 4.69) is 23.2 Å². The standard InChI is InChI=1S/C19H25N5O2S/c1-3-24-18(15-7-5-4-6-13(15)2)21-22-19(24)27-12-16(25)23-10-8-14(9-11-23)17(20)26/h4-7,14H,3,8-12H2,1-2H3,(H2,20,26). The quantitative estimate of drug-likeness (QED) is 0.766. The van der Waals surface area contributed by atoms with Gasteiger partial charge in [0.05, 0.1) is 5.75 Å². The molecule has 0 spiro atoms. The Morgan fingerprint density at radius 2 is 1.93 bits per heavy atom. The molecule has 1 saturated heterocycles. The SMILES string of the molecule is CCn1c(SCC(=O)N2CCC(C(N)=O)CC2)nnc1-c1ccccc1C. The highest BCUT2D eigenvalue weighted by Gasteiger charge is 2.26. The van der Waals surface area contributed by atoms with Gasteiger partial charge in [0.2, 0.25) is 11.8 Å². The molecule has 0 saturated carbocycles. The number of aromatic nitrogens is 3. The second-order valence-corrected chi connectivity index (χ2v) is 7.65. The van der Waals surface area contributed by atoms with E-state index in [1.165, 1.54) is 11.8 Å². The van der Waals surface area contributed by atoms with E-state index >= 15 is 0 Å². The van der Waals surface area contributed by atoms with Gasteiger partial charge in [-0.25, -0.2) is 0 Å². The van der Waals surface area contributed by atoms with Crippen molar-refractivity contribution in [3.63, 3.8) is 0 Å². The lowest BCUT2D eigenvalue weighted by atomic mass is 9.96. The number of primary amides is 1. The van der Waals surface area contributed by atoms with Gasteiger partial charge in [-0.2, -0.15) is 0 Å². The maximum absolute atomic E-state index is 12.5. The second kappa shape index (κ2) is 8.56. The number of aryl methyl sites for hydroxylation is 1. The summed E-state index contributed by atoms with van der Waals surface area (Å²) in [5.74, 6) is 0.823. The number of benzene rings is 1. The molecular formula is C19H25N5O2S. The first kappa shape index (κ1) is 19.4. The number of rotatable bonds is 6. The summed E-state index contributed by atoms with van der Waals surface area (Å²) >= 11 is 1.41. The Labute approximate surface area is 163 Å². The average Bonchev–Trinajstić information content (AvgIpc) is 3.09. The highest BCUT2D eigenvalue weighted by molar-refractivity contribution is 7.99. The number of piperidine rings is 1. The number of hydrogen-bond donors (Lipinski definition) is 1. The highest BCUT2D eigenvalue weighted by Crippen LogP contribution is 2.26. The first-order valence-corrected chi connectivity index (χ1v) is 10.2. The molecule has 1 aromatic heterocycles. The molecule has 27 heavy (non-hydrogen) atoms. The van der Waals surface area contributed by atoms with Crippen molar-refractivity contribution in [1.29, 1.82) is 0 Å². The van der Waals surface area contributed by atoms with Gasteiger partial charge in [-0.1, -0.05) is 36.0 Å². The molecule has 1 aromatic carbocycles. The van der Waals surface area contributed by atoms with Crippen LogP contribution in [0.15, 0.2) is 29.4 Å². The van der Waals surface area contributed by atoms with Gasteiger partial charge in [0.15, 0.2) is 11.0 Å². The first-order valence-electron chi connectivity index (χ1n) is 9.20. The van der Waals surface area contributed by atoms with E-state index in [1.54, 1.807) is 4.90 Å². The van der Waals surface area contributed by atoms with Crippen LogP contribution in [0.1, 0.15) is 25.3 Å². The lowest BCUT2D eigenvalue weighted by Gasteiger charge is -2.30. The van der Waals surface area contributed by atoms with Crippen molar-refractivity contribution in [3.05, 3.63) is 29.8 Å². The number of carbonyl (C=O) groups is 2. The van der Waals surface area contributed by atoms with E-state index in [0.29, 0.717) is 31.7 Å². The zero-order chi connectivity index (χ0) is 19.4. The minimum atomic E-state index is -0.267. The minimum Gasteiger partial charge on any atom is -0.369 e. The van der Waals surface area contributed by atoms with Crippen LogP contribution in [0, 0.1) is 12.8 Å². The van der Waals surface area contributed by atoms with Crippen molar-refractivity contribution < 1.29 is 9.59 Å². The van der Waals surface area contributed by atoms with Crippen LogP contribution < -0.4 is 5.73 Å². The van der Waals surface area contributed by atoms with Crippen molar-refractivity contribution in [1.82, 2.24) is 19.7 Å². The topological polar surface area (TPSA) is 94.1 Å². The van der Waals surface area contributed by atoms with E-state index in [-0.39, 0.29) is 17.7 Å². The largest absolute Gasteiger partial charge is 0.369 e. The molecule has 0 radical (unpaired) electrons. The van der Waals surface area contributed by atoms with Crippen LogP contribution in [-0.2, 0) is 16.1 Å². The Morgan fingerprint density at radius 3 is 2.56 bits per heavy atom. The fourth-order valence-electron chi connectivity index (χ4n) is 3.33. The van der Waals surface area contributed by atoms with E-state index in [1.807, 2.05) is 29.7 Å². The van der Waals surface area contributed by atoms with Crippen molar-refractivity contribution in [3.8, 4) is 11.4 Å². The summed E-state index contributed by atoms with van der Waals surface area (Å²) in [6.45, 7) is 6.00. The number of carbonyl (C=O) groups excluding carboxylic acids is 2. The molecule has 144 valence electrons. The highest BCUT2D eigenvalue weighted by atomic mass is 32.2. The van der Waals surface area contributed by atoms with Gasteiger partial charge in [-0.3, -0.25) is 9.59 Å². The monoisotopic (exact) mass is 387 g/mol. The molecule has 0 bridgehead atoms. The number of hydrogen-bond acceptors (Lipinski definition) is 5. The first-order chi connectivity index (χ1) is 13.0. The number of likely N-dealkylation sites (tertiary alicyclic amines) is 1. The summed E-state index contributed by atoms with van der Waals surface area (Å²) in [6.07, 6.45) is 1.29. The lowest BCUT2D eigenvalue weighted by Crippen LogP contribution is -2.42. The van der Waals surface area contributed by atoms with Gasteiger partial charge in [-0.05, 0) is 32.3 Å². The molecule has 1 aliphatic rings. The molecule has 0 aliphatic carbocycles. The normalized spacial score (nSPS) is 15.1. The van der Waals surface area contributed by atoms with Crippen LogP contribution in [0.25, 0.3) is 11.4 Å². The van der Waals surface area contributed by atoms with Gasteiger partial charge in [0.25, 0.3) is 0 Å². The fraction of sp³-hybridized carbons (Fsp3) is 0.474. The number of amides is 2. The van der Waals surface area contributed by atoms with Gasteiger partial charge in [-0.15, -0.1) is 10.2 Å². The summed E-state index contributed by atoms with van der Waals surface area (Å²) in [4.78, 5) is 25.6. The Kier molecular flexibility index (Phi) is 6.15. The lowest BCUT2D eigenvalue weighted by molar-refractivity contribution is -0.132.